The van der Waals surface area contributed by atoms with Crippen LogP contribution in [0.25, 0.3) is 0 Å². The third-order valence-electron chi connectivity index (χ3n) is 4.05. The van der Waals surface area contributed by atoms with Crippen molar-refractivity contribution >= 4 is 17.8 Å². The number of rotatable bonds is 6. The van der Waals surface area contributed by atoms with Crippen molar-refractivity contribution in [2.75, 3.05) is 7.11 Å². The number of esters is 2. The first-order chi connectivity index (χ1) is 12.0. The molecule has 25 heavy (non-hydrogen) atoms. The number of hydrogen-bond acceptors (Lipinski definition) is 5. The fourth-order valence-electron chi connectivity index (χ4n) is 2.82. The lowest BCUT2D eigenvalue weighted by atomic mass is 9.98. The lowest BCUT2D eigenvalue weighted by Gasteiger charge is -2.33. The van der Waals surface area contributed by atoms with Gasteiger partial charge in [0.15, 0.2) is 0 Å². The van der Waals surface area contributed by atoms with Gasteiger partial charge >= 0.3 is 11.9 Å². The van der Waals surface area contributed by atoms with Crippen molar-refractivity contribution in [2.45, 2.75) is 44.9 Å². The molecule has 6 heteroatoms. The molecule has 1 aromatic rings. The zero-order valence-electron chi connectivity index (χ0n) is 14.5. The van der Waals surface area contributed by atoms with Crippen LogP contribution in [-0.2, 0) is 30.4 Å². The lowest BCUT2D eigenvalue weighted by molar-refractivity contribution is -0.149. The van der Waals surface area contributed by atoms with Crippen LogP contribution in [-0.4, -0.2) is 42.0 Å². The summed E-state index contributed by atoms with van der Waals surface area (Å²) in [6.07, 6.45) is 4.42. The third-order valence-corrected chi connectivity index (χ3v) is 4.05. The minimum absolute atomic E-state index is 0.149. The largest absolute Gasteiger partial charge is 0.469 e. The van der Waals surface area contributed by atoms with Crippen molar-refractivity contribution in [1.29, 1.82) is 0 Å². The van der Waals surface area contributed by atoms with Gasteiger partial charge < -0.3 is 14.4 Å². The predicted molar refractivity (Wildman–Crippen MR) is 91.3 cm³/mol. The molecule has 1 aliphatic rings. The quantitative estimate of drug-likeness (QED) is 0.449. The summed E-state index contributed by atoms with van der Waals surface area (Å²) in [5.41, 5.74) is 0.983. The van der Waals surface area contributed by atoms with E-state index >= 15 is 0 Å². The molecule has 0 saturated carbocycles. The molecule has 134 valence electrons. The van der Waals surface area contributed by atoms with Crippen LogP contribution in [0, 0.1) is 0 Å². The standard InChI is InChI=1S/C19H23NO5/c1-14(21)25-17-10-8-16(9-11-17)20(18(22)12-19(23)24-2)13-15-6-4-3-5-7-15/h3-8,10,16-17H,9,11-13H2,1-2H3/t16-,17+/m0/s1. The van der Waals surface area contributed by atoms with Gasteiger partial charge in [0.1, 0.15) is 12.5 Å². The first kappa shape index (κ1) is 18.7. The van der Waals surface area contributed by atoms with Crippen LogP contribution in [0.1, 0.15) is 31.7 Å². The average Bonchev–Trinajstić information content (AvgIpc) is 2.60. The van der Waals surface area contributed by atoms with Crippen molar-refractivity contribution in [1.82, 2.24) is 4.90 Å². The highest BCUT2D eigenvalue weighted by Crippen LogP contribution is 2.22. The Morgan fingerprint density at radius 3 is 2.40 bits per heavy atom. The summed E-state index contributed by atoms with van der Waals surface area (Å²) in [6, 6.07) is 9.45. The Morgan fingerprint density at radius 1 is 1.12 bits per heavy atom. The van der Waals surface area contributed by atoms with Crippen LogP contribution < -0.4 is 0 Å². The van der Waals surface area contributed by atoms with E-state index in [0.29, 0.717) is 19.4 Å². The maximum atomic E-state index is 12.6. The molecular formula is C19H23NO5. The Kier molecular flexibility index (Phi) is 6.74. The van der Waals surface area contributed by atoms with Crippen LogP contribution in [0.2, 0.25) is 0 Å². The Hall–Kier alpha value is -2.63. The normalized spacial score (nSPS) is 19.1. The number of nitrogens with zero attached hydrogens (tertiary/aromatic N) is 1. The minimum Gasteiger partial charge on any atom is -0.469 e. The van der Waals surface area contributed by atoms with Gasteiger partial charge in [-0.2, -0.15) is 0 Å². The SMILES string of the molecule is COC(=O)CC(=O)N(Cc1ccccc1)[C@H]1C=C[C@@H](OC(C)=O)CC1. The van der Waals surface area contributed by atoms with Gasteiger partial charge in [0, 0.05) is 13.5 Å². The molecule has 0 saturated heterocycles. The van der Waals surface area contributed by atoms with Crippen molar-refractivity contribution in [3.05, 3.63) is 48.0 Å². The summed E-state index contributed by atoms with van der Waals surface area (Å²) < 4.78 is 9.78. The van der Waals surface area contributed by atoms with E-state index in [4.69, 9.17) is 4.74 Å². The van der Waals surface area contributed by atoms with Gasteiger partial charge in [0.25, 0.3) is 0 Å². The molecule has 0 spiro atoms. The Morgan fingerprint density at radius 2 is 1.84 bits per heavy atom. The maximum absolute atomic E-state index is 12.6. The monoisotopic (exact) mass is 345 g/mol. The zero-order valence-corrected chi connectivity index (χ0v) is 14.5. The molecule has 1 amide bonds. The third kappa shape index (κ3) is 5.74. The zero-order chi connectivity index (χ0) is 18.2. The Bertz CT molecular complexity index is 640. The Balaban J connectivity index is 2.12. The second-order valence-corrected chi connectivity index (χ2v) is 5.94. The molecule has 1 aliphatic carbocycles. The van der Waals surface area contributed by atoms with Gasteiger partial charge in [0.2, 0.25) is 5.91 Å². The molecule has 0 aromatic heterocycles. The van der Waals surface area contributed by atoms with Crippen LogP contribution in [0.5, 0.6) is 0 Å². The number of methoxy groups -OCH3 is 1. The minimum atomic E-state index is -0.555. The number of carbonyl (C=O) groups is 3. The maximum Gasteiger partial charge on any atom is 0.315 e. The molecule has 0 fully saturated rings. The molecule has 6 nitrogen and oxygen atoms in total. The van der Waals surface area contributed by atoms with E-state index in [-0.39, 0.29) is 30.4 Å². The molecule has 0 bridgehead atoms. The van der Waals surface area contributed by atoms with Gasteiger partial charge in [0.05, 0.1) is 13.2 Å². The first-order valence-electron chi connectivity index (χ1n) is 8.25. The number of ether oxygens (including phenoxy) is 2. The number of hydrogen-bond donors (Lipinski definition) is 0. The van der Waals surface area contributed by atoms with Crippen molar-refractivity contribution in [3.8, 4) is 0 Å². The summed E-state index contributed by atoms with van der Waals surface area (Å²) in [5.74, 6) is -1.16. The second kappa shape index (κ2) is 9.01. The van der Waals surface area contributed by atoms with Crippen LogP contribution >= 0.6 is 0 Å². The molecule has 0 N–H and O–H groups in total. The van der Waals surface area contributed by atoms with E-state index < -0.39 is 5.97 Å². The first-order valence-corrected chi connectivity index (χ1v) is 8.25. The molecule has 0 radical (unpaired) electrons. The molecular weight excluding hydrogens is 322 g/mol. The fraction of sp³-hybridized carbons (Fsp3) is 0.421. The highest BCUT2D eigenvalue weighted by atomic mass is 16.5. The van der Waals surface area contributed by atoms with Gasteiger partial charge in [-0.15, -0.1) is 0 Å². The average molecular weight is 345 g/mol. The molecule has 2 atom stereocenters. The highest BCUT2D eigenvalue weighted by Gasteiger charge is 2.27. The van der Waals surface area contributed by atoms with E-state index in [1.54, 1.807) is 11.0 Å². The molecule has 1 aromatic carbocycles. The summed E-state index contributed by atoms with van der Waals surface area (Å²) in [4.78, 5) is 36.8. The number of amides is 1. The smallest absolute Gasteiger partial charge is 0.315 e. The van der Waals surface area contributed by atoms with E-state index in [9.17, 15) is 14.4 Å². The van der Waals surface area contributed by atoms with Gasteiger partial charge in [-0.1, -0.05) is 36.4 Å². The van der Waals surface area contributed by atoms with E-state index in [1.807, 2.05) is 36.4 Å². The molecule has 2 rings (SSSR count). The summed E-state index contributed by atoms with van der Waals surface area (Å²) in [5, 5.41) is 0. The fourth-order valence-corrected chi connectivity index (χ4v) is 2.82. The molecule has 0 unspecified atom stereocenters. The lowest BCUT2D eigenvalue weighted by Crippen LogP contribution is -2.41. The topological polar surface area (TPSA) is 72.9 Å². The van der Waals surface area contributed by atoms with Crippen LogP contribution in [0.3, 0.4) is 0 Å². The Labute approximate surface area is 147 Å². The van der Waals surface area contributed by atoms with Gasteiger partial charge in [-0.25, -0.2) is 0 Å². The van der Waals surface area contributed by atoms with E-state index in [2.05, 4.69) is 4.74 Å². The highest BCUT2D eigenvalue weighted by molar-refractivity contribution is 5.94. The van der Waals surface area contributed by atoms with Crippen LogP contribution in [0.4, 0.5) is 0 Å². The molecule has 0 aliphatic heterocycles. The summed E-state index contributed by atoms with van der Waals surface area (Å²) in [6.45, 7) is 1.78. The summed E-state index contributed by atoms with van der Waals surface area (Å²) in [7, 11) is 1.27. The van der Waals surface area contributed by atoms with E-state index in [1.165, 1.54) is 14.0 Å². The van der Waals surface area contributed by atoms with Crippen molar-refractivity contribution in [3.63, 3.8) is 0 Å². The van der Waals surface area contributed by atoms with Gasteiger partial charge in [-0.05, 0) is 24.5 Å². The molecule has 0 heterocycles. The predicted octanol–water partition coefficient (Wildman–Crippen LogP) is 2.23. The second-order valence-electron chi connectivity index (χ2n) is 5.94. The number of carbonyl (C=O) groups excluding carboxylic acids is 3. The number of benzene rings is 1. The van der Waals surface area contributed by atoms with Gasteiger partial charge in [-0.3, -0.25) is 14.4 Å². The van der Waals surface area contributed by atoms with Crippen LogP contribution in [0.15, 0.2) is 42.5 Å². The van der Waals surface area contributed by atoms with Crippen molar-refractivity contribution < 1.29 is 23.9 Å². The van der Waals surface area contributed by atoms with Crippen molar-refractivity contribution in [2.24, 2.45) is 0 Å². The van der Waals surface area contributed by atoms with E-state index in [0.717, 1.165) is 5.56 Å². The summed E-state index contributed by atoms with van der Waals surface area (Å²) >= 11 is 0.